The Morgan fingerprint density at radius 2 is 2.15 bits per heavy atom. The second-order valence-electron chi connectivity index (χ2n) is 6.29. The van der Waals surface area contributed by atoms with E-state index in [2.05, 4.69) is 5.10 Å². The number of nitriles is 1. The zero-order chi connectivity index (χ0) is 19.6. The second-order valence-corrected chi connectivity index (χ2v) is 8.15. The maximum absolute atomic E-state index is 14.3. The molecule has 0 aliphatic carbocycles. The first-order valence-electron chi connectivity index (χ1n) is 8.45. The van der Waals surface area contributed by atoms with Crippen molar-refractivity contribution in [2.75, 3.05) is 25.0 Å². The lowest BCUT2D eigenvalue weighted by molar-refractivity contribution is 0.462. The molecule has 2 aromatic rings. The maximum Gasteiger partial charge on any atom is 0.324 e. The Hall–Kier alpha value is -2.51. The van der Waals surface area contributed by atoms with Gasteiger partial charge in [-0.3, -0.25) is 0 Å². The minimum Gasteiger partial charge on any atom is -0.349 e. The molecule has 1 fully saturated rings. The molecule has 2 heterocycles. The summed E-state index contributed by atoms with van der Waals surface area (Å²) in [7, 11) is -2.61. The third-order valence-corrected chi connectivity index (χ3v) is 6.29. The largest absolute Gasteiger partial charge is 0.349 e. The third kappa shape index (κ3) is 3.65. The van der Waals surface area contributed by atoms with Crippen LogP contribution in [-0.2, 0) is 10.2 Å². The molecule has 1 atom stereocenters. The van der Waals surface area contributed by atoms with Gasteiger partial charge in [-0.25, -0.2) is 8.78 Å². The third-order valence-electron chi connectivity index (χ3n) is 4.61. The Labute approximate surface area is 156 Å². The molecule has 10 heteroatoms. The van der Waals surface area contributed by atoms with Gasteiger partial charge < -0.3 is 4.90 Å². The van der Waals surface area contributed by atoms with Crippen LogP contribution in [0.1, 0.15) is 30.9 Å². The van der Waals surface area contributed by atoms with E-state index >= 15 is 0 Å². The molecular weight excluding hydrogens is 376 g/mol. The average Bonchev–Trinajstić information content (AvgIpc) is 3.30. The number of hydrogen-bond acceptors (Lipinski definition) is 5. The number of hydrogen-bond donors (Lipinski definition) is 0. The van der Waals surface area contributed by atoms with E-state index in [1.165, 1.54) is 19.3 Å². The summed E-state index contributed by atoms with van der Waals surface area (Å²) in [5.41, 5.74) is 0.190. The molecule has 0 spiro atoms. The first kappa shape index (κ1) is 19.3. The van der Waals surface area contributed by atoms with E-state index in [0.29, 0.717) is 19.4 Å². The summed E-state index contributed by atoms with van der Waals surface area (Å²) < 4.78 is 55.4. The number of benzene rings is 1. The van der Waals surface area contributed by atoms with Crippen molar-refractivity contribution in [3.8, 4) is 6.07 Å². The van der Waals surface area contributed by atoms with Gasteiger partial charge in [-0.2, -0.15) is 23.1 Å². The van der Waals surface area contributed by atoms with Gasteiger partial charge in [0.2, 0.25) is 0 Å². The molecule has 0 radical (unpaired) electrons. The van der Waals surface area contributed by atoms with Gasteiger partial charge in [0, 0.05) is 38.2 Å². The van der Waals surface area contributed by atoms with Crippen molar-refractivity contribution >= 4 is 16.0 Å². The number of anilines is 1. The predicted molar refractivity (Wildman–Crippen MR) is 95.1 cm³/mol. The summed E-state index contributed by atoms with van der Waals surface area (Å²) in [5, 5.41) is 12.6. The summed E-state index contributed by atoms with van der Waals surface area (Å²) in [5.74, 6) is -0.797. The number of nitrogens with zero attached hydrogens (tertiary/aromatic N) is 5. The van der Waals surface area contributed by atoms with Crippen LogP contribution in [0.3, 0.4) is 0 Å². The smallest absolute Gasteiger partial charge is 0.324 e. The van der Waals surface area contributed by atoms with Crippen molar-refractivity contribution in [3.05, 3.63) is 47.7 Å². The average molecular weight is 395 g/mol. The van der Waals surface area contributed by atoms with Crippen LogP contribution in [0.25, 0.3) is 0 Å². The summed E-state index contributed by atoms with van der Waals surface area (Å²) in [6, 6.07) is 6.22. The highest BCUT2D eigenvalue weighted by atomic mass is 32.2. The van der Waals surface area contributed by atoms with E-state index in [1.807, 2.05) is 6.07 Å². The van der Waals surface area contributed by atoms with Gasteiger partial charge in [0.1, 0.15) is 17.5 Å². The molecule has 0 amide bonds. The van der Waals surface area contributed by atoms with E-state index in [-0.39, 0.29) is 24.3 Å². The van der Waals surface area contributed by atoms with E-state index in [9.17, 15) is 17.2 Å². The van der Waals surface area contributed by atoms with Gasteiger partial charge in [-0.05, 0) is 31.0 Å². The Kier molecular flexibility index (Phi) is 5.43. The summed E-state index contributed by atoms with van der Waals surface area (Å²) in [6.07, 6.45) is 2.67. The van der Waals surface area contributed by atoms with Gasteiger partial charge in [-0.15, -0.1) is 4.09 Å². The zero-order valence-electron chi connectivity index (χ0n) is 14.7. The van der Waals surface area contributed by atoms with Crippen LogP contribution in [0.2, 0.25) is 0 Å². The Balaban J connectivity index is 1.97. The SMILES string of the molecule is CN(CCC#N)S(=O)(=O)n1nccc1N1CCCC1c1cc(F)ccc1F. The van der Waals surface area contributed by atoms with E-state index in [4.69, 9.17) is 5.26 Å². The Morgan fingerprint density at radius 1 is 1.37 bits per heavy atom. The minimum atomic E-state index is -3.98. The topological polar surface area (TPSA) is 82.2 Å². The van der Waals surface area contributed by atoms with Gasteiger partial charge in [-0.1, -0.05) is 0 Å². The lowest BCUT2D eigenvalue weighted by Gasteiger charge is -2.28. The molecule has 0 N–H and O–H groups in total. The number of rotatable bonds is 6. The molecule has 1 aliphatic heterocycles. The van der Waals surface area contributed by atoms with Crippen LogP contribution in [0.5, 0.6) is 0 Å². The molecule has 144 valence electrons. The summed E-state index contributed by atoms with van der Waals surface area (Å²) in [4.78, 5) is 1.72. The van der Waals surface area contributed by atoms with Crippen LogP contribution >= 0.6 is 0 Å². The van der Waals surface area contributed by atoms with Crippen molar-refractivity contribution in [1.29, 1.82) is 5.26 Å². The molecule has 1 aromatic carbocycles. The Bertz CT molecular complexity index is 970. The number of aromatic nitrogens is 2. The first-order chi connectivity index (χ1) is 12.9. The first-order valence-corrected chi connectivity index (χ1v) is 9.85. The lowest BCUT2D eigenvalue weighted by Crippen LogP contribution is -2.36. The highest BCUT2D eigenvalue weighted by Gasteiger charge is 2.33. The predicted octanol–water partition coefficient (Wildman–Crippen LogP) is 2.44. The molecular formula is C17H19F2N5O2S. The summed E-state index contributed by atoms with van der Waals surface area (Å²) in [6.45, 7) is 0.518. The van der Waals surface area contributed by atoms with Crippen LogP contribution in [0.4, 0.5) is 14.6 Å². The maximum atomic E-state index is 14.3. The molecule has 27 heavy (non-hydrogen) atoms. The molecule has 1 unspecified atom stereocenters. The summed E-state index contributed by atoms with van der Waals surface area (Å²) >= 11 is 0. The van der Waals surface area contributed by atoms with Crippen LogP contribution in [0, 0.1) is 23.0 Å². The normalized spacial score (nSPS) is 17.4. The molecule has 1 saturated heterocycles. The van der Waals surface area contributed by atoms with Crippen molar-refractivity contribution < 1.29 is 17.2 Å². The van der Waals surface area contributed by atoms with Gasteiger partial charge >= 0.3 is 10.2 Å². The fourth-order valence-electron chi connectivity index (χ4n) is 3.26. The second kappa shape index (κ2) is 7.62. The molecule has 3 rings (SSSR count). The standard InChI is InChI=1S/C17H19F2N5O2S/c1-22(10-3-8-20)27(25,26)24-17(7-9-21-24)23-11-2-4-16(23)14-12-13(18)5-6-15(14)19/h5-7,9,12,16H,2-4,10-11H2,1H3. The monoisotopic (exact) mass is 395 g/mol. The molecule has 1 aromatic heterocycles. The van der Waals surface area contributed by atoms with Crippen LogP contribution in [0.15, 0.2) is 30.5 Å². The highest BCUT2D eigenvalue weighted by molar-refractivity contribution is 7.87. The van der Waals surface area contributed by atoms with E-state index in [0.717, 1.165) is 26.6 Å². The lowest BCUT2D eigenvalue weighted by atomic mass is 10.0. The van der Waals surface area contributed by atoms with Crippen molar-refractivity contribution in [2.45, 2.75) is 25.3 Å². The molecule has 7 nitrogen and oxygen atoms in total. The van der Waals surface area contributed by atoms with Crippen LogP contribution < -0.4 is 4.90 Å². The van der Waals surface area contributed by atoms with Crippen LogP contribution in [-0.4, -0.2) is 42.0 Å². The minimum absolute atomic E-state index is 0.0279. The van der Waals surface area contributed by atoms with E-state index < -0.39 is 27.9 Å². The molecule has 0 saturated carbocycles. The zero-order valence-corrected chi connectivity index (χ0v) is 15.5. The molecule has 0 bridgehead atoms. The quantitative estimate of drug-likeness (QED) is 0.750. The molecule has 1 aliphatic rings. The van der Waals surface area contributed by atoms with Gasteiger partial charge in [0.15, 0.2) is 0 Å². The van der Waals surface area contributed by atoms with Crippen molar-refractivity contribution in [2.24, 2.45) is 0 Å². The van der Waals surface area contributed by atoms with E-state index in [1.54, 1.807) is 4.90 Å². The fraction of sp³-hybridized carbons (Fsp3) is 0.412. The highest BCUT2D eigenvalue weighted by Crippen LogP contribution is 2.37. The van der Waals surface area contributed by atoms with Crippen molar-refractivity contribution in [1.82, 2.24) is 13.5 Å². The Morgan fingerprint density at radius 3 is 2.89 bits per heavy atom. The van der Waals surface area contributed by atoms with Crippen molar-refractivity contribution in [3.63, 3.8) is 0 Å². The fourth-order valence-corrected chi connectivity index (χ4v) is 4.42. The number of halogens is 2. The van der Waals surface area contributed by atoms with Gasteiger partial charge in [0.05, 0.1) is 18.3 Å². The van der Waals surface area contributed by atoms with Gasteiger partial charge in [0.25, 0.3) is 0 Å².